The number of rotatable bonds is 7. The lowest BCUT2D eigenvalue weighted by Crippen LogP contribution is -2.73. The third-order valence-corrected chi connectivity index (χ3v) is 9.71. The second kappa shape index (κ2) is 9.89. The third kappa shape index (κ3) is 4.23. The van der Waals surface area contributed by atoms with Gasteiger partial charge in [-0.3, -0.25) is 9.59 Å². The summed E-state index contributed by atoms with van der Waals surface area (Å²) in [5, 5.41) is 4.61. The van der Waals surface area contributed by atoms with Gasteiger partial charge in [0.15, 0.2) is 0 Å². The number of furan rings is 1. The number of sulfonamides is 1. The Morgan fingerprint density at radius 2 is 1.82 bits per heavy atom. The molecule has 5 rings (SSSR count). The largest absolute Gasteiger partial charge is 0.495 e. The van der Waals surface area contributed by atoms with Crippen LogP contribution in [-0.4, -0.2) is 67.8 Å². The second-order valence-electron chi connectivity index (χ2n) is 10.7. The molecule has 1 unspecified atom stereocenters. The van der Waals surface area contributed by atoms with Gasteiger partial charge in [-0.25, -0.2) is 8.42 Å². The van der Waals surface area contributed by atoms with Crippen molar-refractivity contribution < 1.29 is 27.2 Å². The zero-order chi connectivity index (χ0) is 27.2. The zero-order valence-corrected chi connectivity index (χ0v) is 23.1. The first-order valence-electron chi connectivity index (χ1n) is 13.2. The van der Waals surface area contributed by atoms with E-state index >= 15 is 0 Å². The first kappa shape index (κ1) is 26.5. The molecule has 3 aromatic rings. The molecule has 1 N–H and O–H groups in total. The topological polar surface area (TPSA) is 109 Å². The van der Waals surface area contributed by atoms with Crippen LogP contribution in [0, 0.1) is 5.92 Å². The maximum absolute atomic E-state index is 13.8. The minimum atomic E-state index is -3.96. The molecule has 0 saturated carbocycles. The van der Waals surface area contributed by atoms with E-state index in [9.17, 15) is 18.0 Å². The molecule has 38 heavy (non-hydrogen) atoms. The smallest absolute Gasteiger partial charge is 0.246 e. The van der Waals surface area contributed by atoms with Crippen LogP contribution >= 0.6 is 0 Å². The Hall–Kier alpha value is -3.11. The second-order valence-corrected chi connectivity index (χ2v) is 12.6. The molecule has 2 aliphatic rings. The molecular weight excluding hydrogens is 506 g/mol. The van der Waals surface area contributed by atoms with Crippen LogP contribution in [0.5, 0.6) is 5.75 Å². The maximum Gasteiger partial charge on any atom is 0.246 e. The van der Waals surface area contributed by atoms with Crippen LogP contribution in [-0.2, 0) is 19.6 Å². The van der Waals surface area contributed by atoms with E-state index in [2.05, 4.69) is 5.32 Å². The summed E-state index contributed by atoms with van der Waals surface area (Å²) in [6, 6.07) is 10.2. The Bertz CT molecular complexity index is 1490. The van der Waals surface area contributed by atoms with Crippen LogP contribution in [0.1, 0.15) is 46.5 Å². The monoisotopic (exact) mass is 541 g/mol. The van der Waals surface area contributed by atoms with Crippen molar-refractivity contribution in [2.24, 2.45) is 5.92 Å². The normalized spacial score (nSPS) is 20.6. The fourth-order valence-corrected chi connectivity index (χ4v) is 7.48. The highest BCUT2D eigenvalue weighted by Gasteiger charge is 2.54. The molecule has 2 aromatic carbocycles. The van der Waals surface area contributed by atoms with Gasteiger partial charge >= 0.3 is 0 Å². The summed E-state index contributed by atoms with van der Waals surface area (Å²) in [5.41, 5.74) is 0.0831. The van der Waals surface area contributed by atoms with Crippen LogP contribution in [0.25, 0.3) is 21.9 Å². The van der Waals surface area contributed by atoms with E-state index in [-0.39, 0.29) is 54.3 Å². The number of carbonyl (C=O) groups excluding carboxylic acids is 2. The fraction of sp³-hybridized carbons (Fsp3) is 0.500. The van der Waals surface area contributed by atoms with Crippen molar-refractivity contribution in [1.82, 2.24) is 14.5 Å². The first-order valence-corrected chi connectivity index (χ1v) is 14.7. The van der Waals surface area contributed by atoms with Crippen molar-refractivity contribution in [2.45, 2.75) is 62.9 Å². The number of piperidine rings is 1. The molecule has 1 atom stereocenters. The maximum atomic E-state index is 13.8. The molecule has 1 aromatic heterocycles. The average molecular weight is 542 g/mol. The molecule has 2 aliphatic heterocycles. The molecule has 0 bridgehead atoms. The Labute approximate surface area is 223 Å². The van der Waals surface area contributed by atoms with Gasteiger partial charge in [-0.05, 0) is 43.7 Å². The number of fused-ring (bicyclic) bond motifs is 3. The number of para-hydroxylation sites is 1. The number of benzene rings is 2. The Kier molecular flexibility index (Phi) is 6.89. The molecule has 0 aliphatic carbocycles. The van der Waals surface area contributed by atoms with Gasteiger partial charge in [-0.15, -0.1) is 0 Å². The Balaban J connectivity index is 1.44. The van der Waals surface area contributed by atoms with E-state index in [0.717, 1.165) is 10.8 Å². The molecular formula is C28H35N3O6S. The van der Waals surface area contributed by atoms with Crippen molar-refractivity contribution >= 4 is 43.8 Å². The van der Waals surface area contributed by atoms with Crippen LogP contribution < -0.4 is 10.1 Å². The van der Waals surface area contributed by atoms with Crippen molar-refractivity contribution in [3.05, 3.63) is 36.4 Å². The highest BCUT2D eigenvalue weighted by Crippen LogP contribution is 2.40. The summed E-state index contributed by atoms with van der Waals surface area (Å²) in [7, 11) is -2.52. The summed E-state index contributed by atoms with van der Waals surface area (Å²) in [6.45, 7) is 6.70. The molecule has 2 saturated heterocycles. The lowest BCUT2D eigenvalue weighted by Gasteiger charge is -2.51. The Morgan fingerprint density at radius 1 is 1.11 bits per heavy atom. The molecule has 10 heteroatoms. The van der Waals surface area contributed by atoms with E-state index in [4.69, 9.17) is 9.15 Å². The highest BCUT2D eigenvalue weighted by molar-refractivity contribution is 7.89. The van der Waals surface area contributed by atoms with Crippen LogP contribution in [0.15, 0.2) is 45.7 Å². The van der Waals surface area contributed by atoms with E-state index in [1.807, 2.05) is 45.0 Å². The molecule has 2 fully saturated rings. The van der Waals surface area contributed by atoms with Crippen molar-refractivity contribution in [2.75, 3.05) is 26.7 Å². The number of nitrogens with one attached hydrogen (secondary N) is 1. The summed E-state index contributed by atoms with van der Waals surface area (Å²) in [6.07, 6.45) is 1.75. The summed E-state index contributed by atoms with van der Waals surface area (Å²) >= 11 is 0. The molecule has 3 heterocycles. The van der Waals surface area contributed by atoms with Gasteiger partial charge in [0.1, 0.15) is 33.4 Å². The number of hydrogen-bond acceptors (Lipinski definition) is 6. The van der Waals surface area contributed by atoms with Gasteiger partial charge < -0.3 is 19.4 Å². The number of hydrogen-bond donors (Lipinski definition) is 1. The molecule has 2 amide bonds. The zero-order valence-electron chi connectivity index (χ0n) is 22.3. The number of methoxy groups -OCH3 is 1. The minimum absolute atomic E-state index is 0.0223. The summed E-state index contributed by atoms with van der Waals surface area (Å²) in [4.78, 5) is 28.6. The molecule has 9 nitrogen and oxygen atoms in total. The average Bonchev–Trinajstić information content (AvgIpc) is 3.27. The number of amides is 2. The summed E-state index contributed by atoms with van der Waals surface area (Å²) in [5.74, 6) is 0.231. The highest BCUT2D eigenvalue weighted by atomic mass is 32.2. The fourth-order valence-electron chi connectivity index (χ4n) is 5.88. The van der Waals surface area contributed by atoms with Crippen LogP contribution in [0.4, 0.5) is 0 Å². The first-order chi connectivity index (χ1) is 18.1. The SMILES string of the molecule is CCCN1C(=O)C(CC(C)C)NC(=O)C12CCN(S(=O)(=O)c1cc3oc4ccccc4c3cc1OC)CC2. The molecule has 204 valence electrons. The number of piperazine rings is 1. The molecule has 1 spiro atoms. The quantitative estimate of drug-likeness (QED) is 0.486. The predicted molar refractivity (Wildman–Crippen MR) is 144 cm³/mol. The van der Waals surface area contributed by atoms with Crippen molar-refractivity contribution in [3.63, 3.8) is 0 Å². The third-order valence-electron chi connectivity index (χ3n) is 7.79. The number of ether oxygens (including phenoxy) is 1. The van der Waals surface area contributed by atoms with Gasteiger partial charge in [-0.1, -0.05) is 39.0 Å². The van der Waals surface area contributed by atoms with Gasteiger partial charge in [0.25, 0.3) is 0 Å². The van der Waals surface area contributed by atoms with E-state index in [1.165, 1.54) is 17.5 Å². The van der Waals surface area contributed by atoms with E-state index in [0.29, 0.717) is 30.6 Å². The Morgan fingerprint density at radius 3 is 2.47 bits per heavy atom. The summed E-state index contributed by atoms with van der Waals surface area (Å²) < 4.78 is 40.5. The lowest BCUT2D eigenvalue weighted by molar-refractivity contribution is -0.160. The van der Waals surface area contributed by atoms with Gasteiger partial charge in [0.05, 0.1) is 7.11 Å². The molecule has 0 radical (unpaired) electrons. The predicted octanol–water partition coefficient (Wildman–Crippen LogP) is 3.90. The van der Waals surface area contributed by atoms with E-state index in [1.54, 1.807) is 11.0 Å². The number of nitrogens with zero attached hydrogens (tertiary/aromatic N) is 2. The van der Waals surface area contributed by atoms with Gasteiger partial charge in [0, 0.05) is 36.5 Å². The standard InChI is InChI=1S/C28H35N3O6S/c1-5-12-31-26(32)21(15-18(2)3)29-27(33)28(31)10-13-30(14-11-28)38(34,35)25-17-23-20(16-24(25)36-4)19-8-6-7-9-22(19)37-23/h6-9,16-18,21H,5,10-15H2,1-4H3,(H,29,33). The van der Waals surface area contributed by atoms with Gasteiger partial charge in [0.2, 0.25) is 21.8 Å². The number of carbonyl (C=O) groups is 2. The minimum Gasteiger partial charge on any atom is -0.495 e. The van der Waals surface area contributed by atoms with Gasteiger partial charge in [-0.2, -0.15) is 4.31 Å². The van der Waals surface area contributed by atoms with E-state index < -0.39 is 21.6 Å². The lowest BCUT2D eigenvalue weighted by atomic mass is 9.81. The van der Waals surface area contributed by atoms with Crippen LogP contribution in [0.2, 0.25) is 0 Å². The van der Waals surface area contributed by atoms with Crippen LogP contribution in [0.3, 0.4) is 0 Å². The van der Waals surface area contributed by atoms with Crippen molar-refractivity contribution in [3.8, 4) is 5.75 Å². The van der Waals surface area contributed by atoms with Crippen molar-refractivity contribution in [1.29, 1.82) is 0 Å².